The van der Waals surface area contributed by atoms with Crippen molar-refractivity contribution in [1.29, 1.82) is 0 Å². The minimum atomic E-state index is -3.77. The number of benzene rings is 2. The van der Waals surface area contributed by atoms with Crippen LogP contribution in [0.5, 0.6) is 5.75 Å². The molecule has 0 aliphatic heterocycles. The molecule has 0 unspecified atom stereocenters. The molecule has 0 aliphatic rings. The lowest BCUT2D eigenvalue weighted by Gasteiger charge is -2.12. The Morgan fingerprint density at radius 3 is 2.33 bits per heavy atom. The van der Waals surface area contributed by atoms with E-state index in [0.717, 1.165) is 5.56 Å². The first-order chi connectivity index (χ1) is 15.5. The molecular weight excluding hydrogens is 458 g/mol. The van der Waals surface area contributed by atoms with E-state index in [1.165, 1.54) is 36.4 Å². The number of hydrogen-bond donors (Lipinski definition) is 1. The van der Waals surface area contributed by atoms with E-state index in [1.807, 2.05) is 0 Å². The van der Waals surface area contributed by atoms with E-state index in [9.17, 15) is 17.2 Å². The molecule has 0 spiro atoms. The molecular formula is C20H18F2N6O4S. The van der Waals surface area contributed by atoms with Crippen LogP contribution in [0.3, 0.4) is 0 Å². The SMILES string of the molecule is Cc1nc(-c2nc(-c3ccc(OC(C)(F)F)cc3)no2)nn1Cc1ccc(S(N)(=O)=O)cc1. The van der Waals surface area contributed by atoms with Crippen LogP contribution in [0.15, 0.2) is 57.9 Å². The lowest BCUT2D eigenvalue weighted by molar-refractivity contribution is -0.158. The number of ether oxygens (including phenoxy) is 1. The average molecular weight is 476 g/mol. The number of aryl methyl sites for hydroxylation is 1. The van der Waals surface area contributed by atoms with Crippen molar-refractivity contribution in [2.45, 2.75) is 31.4 Å². The van der Waals surface area contributed by atoms with Crippen LogP contribution in [-0.2, 0) is 16.6 Å². The molecule has 4 rings (SSSR count). The summed E-state index contributed by atoms with van der Waals surface area (Å²) in [6.07, 6.45) is -3.28. The zero-order chi connectivity index (χ0) is 23.8. The summed E-state index contributed by atoms with van der Waals surface area (Å²) < 4.78 is 60.0. The minimum Gasteiger partial charge on any atom is -0.433 e. The van der Waals surface area contributed by atoms with E-state index >= 15 is 0 Å². The van der Waals surface area contributed by atoms with Gasteiger partial charge in [-0.2, -0.15) is 13.8 Å². The van der Waals surface area contributed by atoms with Crippen molar-refractivity contribution in [2.75, 3.05) is 0 Å². The van der Waals surface area contributed by atoms with Crippen molar-refractivity contribution >= 4 is 10.0 Å². The van der Waals surface area contributed by atoms with Gasteiger partial charge in [0.1, 0.15) is 11.6 Å². The molecule has 0 radical (unpaired) electrons. The number of aromatic nitrogens is 5. The molecule has 2 aromatic heterocycles. The summed E-state index contributed by atoms with van der Waals surface area (Å²) >= 11 is 0. The quantitative estimate of drug-likeness (QED) is 0.429. The van der Waals surface area contributed by atoms with Gasteiger partial charge in [-0.05, 0) is 48.9 Å². The fraction of sp³-hybridized carbons (Fsp3) is 0.200. The van der Waals surface area contributed by atoms with Crippen LogP contribution in [0.25, 0.3) is 23.1 Å². The monoisotopic (exact) mass is 476 g/mol. The van der Waals surface area contributed by atoms with Gasteiger partial charge in [-0.15, -0.1) is 5.10 Å². The van der Waals surface area contributed by atoms with E-state index < -0.39 is 16.1 Å². The Balaban J connectivity index is 1.51. The fourth-order valence-corrected chi connectivity index (χ4v) is 3.44. The van der Waals surface area contributed by atoms with Gasteiger partial charge in [-0.25, -0.2) is 23.2 Å². The summed E-state index contributed by atoms with van der Waals surface area (Å²) in [5, 5.41) is 13.4. The summed E-state index contributed by atoms with van der Waals surface area (Å²) in [5.74, 6) is 1.09. The van der Waals surface area contributed by atoms with Gasteiger partial charge in [-0.1, -0.05) is 17.3 Å². The highest BCUT2D eigenvalue weighted by atomic mass is 32.2. The van der Waals surface area contributed by atoms with Gasteiger partial charge < -0.3 is 9.26 Å². The molecule has 2 N–H and O–H groups in total. The molecule has 33 heavy (non-hydrogen) atoms. The Kier molecular flexibility index (Phi) is 5.68. The first-order valence-corrected chi connectivity index (χ1v) is 11.1. The Morgan fingerprint density at radius 2 is 1.73 bits per heavy atom. The van der Waals surface area contributed by atoms with E-state index in [4.69, 9.17) is 9.66 Å². The maximum Gasteiger partial charge on any atom is 0.394 e. The molecule has 10 nitrogen and oxygen atoms in total. The number of halogens is 2. The largest absolute Gasteiger partial charge is 0.433 e. The first kappa shape index (κ1) is 22.5. The molecule has 0 saturated carbocycles. The van der Waals surface area contributed by atoms with Crippen molar-refractivity contribution in [3.8, 4) is 28.9 Å². The van der Waals surface area contributed by atoms with Crippen LogP contribution in [0.1, 0.15) is 18.3 Å². The first-order valence-electron chi connectivity index (χ1n) is 9.52. The zero-order valence-corrected chi connectivity index (χ0v) is 18.3. The lowest BCUT2D eigenvalue weighted by Crippen LogP contribution is -2.18. The van der Waals surface area contributed by atoms with Crippen molar-refractivity contribution in [2.24, 2.45) is 5.14 Å². The van der Waals surface area contributed by atoms with Crippen molar-refractivity contribution in [3.05, 3.63) is 59.9 Å². The van der Waals surface area contributed by atoms with Crippen LogP contribution in [0, 0.1) is 6.92 Å². The number of rotatable bonds is 7. The van der Waals surface area contributed by atoms with Crippen molar-refractivity contribution in [1.82, 2.24) is 24.9 Å². The minimum absolute atomic E-state index is 0.00287. The summed E-state index contributed by atoms with van der Waals surface area (Å²) in [4.78, 5) is 8.62. The molecule has 172 valence electrons. The second-order valence-corrected chi connectivity index (χ2v) is 8.75. The average Bonchev–Trinajstić information content (AvgIpc) is 3.35. The van der Waals surface area contributed by atoms with E-state index in [-0.39, 0.29) is 28.2 Å². The van der Waals surface area contributed by atoms with Gasteiger partial charge in [0.15, 0.2) is 0 Å². The summed E-state index contributed by atoms with van der Waals surface area (Å²) in [6, 6.07) is 11.9. The molecule has 0 atom stereocenters. The molecule has 0 bridgehead atoms. The number of hydrogen-bond acceptors (Lipinski definition) is 8. The third-order valence-electron chi connectivity index (χ3n) is 4.47. The number of nitrogens with two attached hydrogens (primary N) is 1. The van der Waals surface area contributed by atoms with Gasteiger partial charge >= 0.3 is 6.11 Å². The number of alkyl halides is 2. The Morgan fingerprint density at radius 1 is 1.06 bits per heavy atom. The summed E-state index contributed by atoms with van der Waals surface area (Å²) in [5.41, 5.74) is 1.32. The highest BCUT2D eigenvalue weighted by Gasteiger charge is 2.23. The molecule has 0 saturated heterocycles. The predicted molar refractivity (Wildman–Crippen MR) is 112 cm³/mol. The van der Waals surface area contributed by atoms with Crippen LogP contribution in [-0.4, -0.2) is 39.4 Å². The second-order valence-electron chi connectivity index (χ2n) is 7.19. The topological polar surface area (TPSA) is 139 Å². The van der Waals surface area contributed by atoms with Gasteiger partial charge in [0, 0.05) is 12.5 Å². The van der Waals surface area contributed by atoms with Crippen LogP contribution >= 0.6 is 0 Å². The fourth-order valence-electron chi connectivity index (χ4n) is 2.93. The van der Waals surface area contributed by atoms with Gasteiger partial charge in [0.25, 0.3) is 5.89 Å². The molecule has 2 heterocycles. The van der Waals surface area contributed by atoms with Crippen molar-refractivity contribution in [3.63, 3.8) is 0 Å². The molecule has 4 aromatic rings. The lowest BCUT2D eigenvalue weighted by atomic mass is 10.2. The zero-order valence-electron chi connectivity index (χ0n) is 17.4. The highest BCUT2D eigenvalue weighted by Crippen LogP contribution is 2.25. The third kappa shape index (κ3) is 5.38. The van der Waals surface area contributed by atoms with Gasteiger partial charge in [0.05, 0.1) is 11.4 Å². The standard InChI is InChI=1S/C20H18F2N6O4S/c1-12-24-18(26-28(12)11-13-3-9-16(10-4-13)33(23,29)30)19-25-17(27-32-19)14-5-7-15(8-6-14)31-20(2,21)22/h3-10H,11H2,1-2H3,(H2,23,29,30). The van der Waals surface area contributed by atoms with E-state index in [1.54, 1.807) is 23.7 Å². The van der Waals surface area contributed by atoms with Crippen LogP contribution < -0.4 is 9.88 Å². The van der Waals surface area contributed by atoms with Crippen molar-refractivity contribution < 1.29 is 26.5 Å². The highest BCUT2D eigenvalue weighted by molar-refractivity contribution is 7.89. The Hall–Kier alpha value is -3.71. The summed E-state index contributed by atoms with van der Waals surface area (Å²) in [7, 11) is -3.77. The normalized spacial score (nSPS) is 12.2. The molecule has 0 fully saturated rings. The second kappa shape index (κ2) is 8.33. The Bertz CT molecular complexity index is 1380. The predicted octanol–water partition coefficient (Wildman–Crippen LogP) is 2.99. The molecule has 0 aliphatic carbocycles. The smallest absolute Gasteiger partial charge is 0.394 e. The number of nitrogens with zero attached hydrogens (tertiary/aromatic N) is 5. The Labute approximate surface area is 187 Å². The van der Waals surface area contributed by atoms with Crippen LogP contribution in [0.4, 0.5) is 8.78 Å². The number of sulfonamides is 1. The molecule has 13 heteroatoms. The molecule has 0 amide bonds. The van der Waals surface area contributed by atoms with Crippen LogP contribution in [0.2, 0.25) is 0 Å². The van der Waals surface area contributed by atoms with Gasteiger partial charge in [-0.3, -0.25) is 0 Å². The number of primary sulfonamides is 1. The summed E-state index contributed by atoms with van der Waals surface area (Å²) in [6.45, 7) is 2.73. The van der Waals surface area contributed by atoms with Gasteiger partial charge in [0.2, 0.25) is 21.7 Å². The maximum atomic E-state index is 13.0. The van der Waals surface area contributed by atoms with E-state index in [0.29, 0.717) is 24.9 Å². The third-order valence-corrected chi connectivity index (χ3v) is 5.40. The molecule has 2 aromatic carbocycles. The van der Waals surface area contributed by atoms with E-state index in [2.05, 4.69) is 25.0 Å². The maximum absolute atomic E-state index is 13.0.